The molecule has 1 unspecified atom stereocenters. The van der Waals surface area contributed by atoms with Crippen LogP contribution in [0.25, 0.3) is 0 Å². The Morgan fingerprint density at radius 2 is 1.91 bits per heavy atom. The molecule has 1 fully saturated rings. The van der Waals surface area contributed by atoms with Gasteiger partial charge >= 0.3 is 0 Å². The molecule has 33 heavy (non-hydrogen) atoms. The van der Waals surface area contributed by atoms with Crippen LogP contribution >= 0.6 is 0 Å². The van der Waals surface area contributed by atoms with Crippen LogP contribution in [-0.4, -0.2) is 72.3 Å². The first-order chi connectivity index (χ1) is 15.8. The van der Waals surface area contributed by atoms with E-state index in [1.165, 1.54) is 19.2 Å². The highest BCUT2D eigenvalue weighted by atomic mass is 32.2. The molecule has 1 atom stereocenters. The Labute approximate surface area is 196 Å². The summed E-state index contributed by atoms with van der Waals surface area (Å²) in [5.41, 5.74) is 3.34. The Morgan fingerprint density at radius 1 is 1.15 bits per heavy atom. The number of nitrogens with one attached hydrogen (secondary N) is 2. The van der Waals surface area contributed by atoms with Crippen molar-refractivity contribution in [3.05, 3.63) is 64.7 Å². The van der Waals surface area contributed by atoms with Gasteiger partial charge in [-0.2, -0.15) is 0 Å². The second-order valence-electron chi connectivity index (χ2n) is 8.16. The molecule has 0 saturated carbocycles. The lowest BCUT2D eigenvalue weighted by atomic mass is 10.0. The second kappa shape index (κ2) is 11.7. The number of benzene rings is 2. The molecule has 2 aromatic carbocycles. The Morgan fingerprint density at radius 3 is 2.61 bits per heavy atom. The number of rotatable bonds is 10. The van der Waals surface area contributed by atoms with Crippen molar-refractivity contribution in [2.24, 2.45) is 0 Å². The van der Waals surface area contributed by atoms with E-state index in [2.05, 4.69) is 40.1 Å². The zero-order chi connectivity index (χ0) is 23.8. The molecule has 0 radical (unpaired) electrons. The minimum atomic E-state index is -3.73. The Kier molecular flexibility index (Phi) is 8.99. The molecule has 2 N–H and O–H groups in total. The van der Waals surface area contributed by atoms with E-state index in [1.807, 2.05) is 6.07 Å². The maximum atomic E-state index is 13.1. The van der Waals surface area contributed by atoms with Crippen LogP contribution in [0.5, 0.6) is 0 Å². The normalized spacial score (nSPS) is 15.8. The van der Waals surface area contributed by atoms with Gasteiger partial charge in [-0.15, -0.1) is 0 Å². The highest BCUT2D eigenvalue weighted by Gasteiger charge is 2.24. The third kappa shape index (κ3) is 6.84. The molecule has 180 valence electrons. The molecule has 0 spiro atoms. The molecule has 0 bridgehead atoms. The van der Waals surface area contributed by atoms with Crippen molar-refractivity contribution in [2.45, 2.75) is 24.8 Å². The van der Waals surface area contributed by atoms with Gasteiger partial charge in [0.1, 0.15) is 0 Å². The van der Waals surface area contributed by atoms with Gasteiger partial charge in [0, 0.05) is 38.9 Å². The van der Waals surface area contributed by atoms with Crippen molar-refractivity contribution < 1.29 is 22.7 Å². The highest BCUT2D eigenvalue weighted by molar-refractivity contribution is 7.89. The average Bonchev–Trinajstić information content (AvgIpc) is 2.80. The van der Waals surface area contributed by atoms with Crippen molar-refractivity contribution in [1.82, 2.24) is 14.9 Å². The van der Waals surface area contributed by atoms with Crippen LogP contribution in [0.1, 0.15) is 33.1 Å². The summed E-state index contributed by atoms with van der Waals surface area (Å²) in [5.74, 6) is -0.299. The molecule has 0 aliphatic carbocycles. The van der Waals surface area contributed by atoms with Crippen molar-refractivity contribution in [3.8, 4) is 0 Å². The highest BCUT2D eigenvalue weighted by Crippen LogP contribution is 2.23. The standard InChI is InChI=1S/C24H33N3O5S/c1-18-5-4-6-20(15-18)23(27-10-13-32-14-11-27)17-25-24(28)22-16-21(8-7-19(22)2)33(29,30)26-9-12-31-3/h4-8,15-16,23,26H,9-14,17H2,1-3H3,(H,25,28). The lowest BCUT2D eigenvalue weighted by Gasteiger charge is -2.35. The van der Waals surface area contributed by atoms with Crippen LogP contribution in [0.2, 0.25) is 0 Å². The molecule has 1 amide bonds. The number of carbonyl (C=O) groups is 1. The molecule has 2 aromatic rings. The van der Waals surface area contributed by atoms with Crippen LogP contribution in [0.15, 0.2) is 47.4 Å². The fourth-order valence-corrected chi connectivity index (χ4v) is 4.92. The Balaban J connectivity index is 1.77. The lowest BCUT2D eigenvalue weighted by Crippen LogP contribution is -2.44. The van der Waals surface area contributed by atoms with E-state index in [0.29, 0.717) is 30.9 Å². The van der Waals surface area contributed by atoms with E-state index in [0.717, 1.165) is 24.2 Å². The lowest BCUT2D eigenvalue weighted by molar-refractivity contribution is 0.0162. The number of morpholine rings is 1. The predicted molar refractivity (Wildman–Crippen MR) is 127 cm³/mol. The fraction of sp³-hybridized carbons (Fsp3) is 0.458. The molecular formula is C24H33N3O5S. The summed E-state index contributed by atoms with van der Waals surface area (Å²) in [6.45, 7) is 7.56. The number of hydrogen-bond donors (Lipinski definition) is 2. The summed E-state index contributed by atoms with van der Waals surface area (Å²) in [5, 5.41) is 3.03. The van der Waals surface area contributed by atoms with E-state index in [1.54, 1.807) is 13.0 Å². The van der Waals surface area contributed by atoms with Gasteiger partial charge in [0.05, 0.1) is 30.8 Å². The summed E-state index contributed by atoms with van der Waals surface area (Å²) >= 11 is 0. The first kappa shape index (κ1) is 25.3. The maximum absolute atomic E-state index is 13.1. The number of sulfonamides is 1. The van der Waals surface area contributed by atoms with E-state index in [-0.39, 0.29) is 30.0 Å². The van der Waals surface area contributed by atoms with Crippen LogP contribution < -0.4 is 10.0 Å². The minimum absolute atomic E-state index is 0.000631. The van der Waals surface area contributed by atoms with Crippen molar-refractivity contribution in [3.63, 3.8) is 0 Å². The Bertz CT molecular complexity index is 1050. The number of hydrogen-bond acceptors (Lipinski definition) is 6. The van der Waals surface area contributed by atoms with Crippen LogP contribution in [-0.2, 0) is 19.5 Å². The summed E-state index contributed by atoms with van der Waals surface area (Å²) in [7, 11) is -2.23. The number of methoxy groups -OCH3 is 1. The van der Waals surface area contributed by atoms with Crippen LogP contribution in [0.3, 0.4) is 0 Å². The number of ether oxygens (including phenoxy) is 2. The molecule has 1 aliphatic rings. The number of aryl methyl sites for hydroxylation is 2. The fourth-order valence-electron chi connectivity index (χ4n) is 3.88. The van der Waals surface area contributed by atoms with Gasteiger partial charge in [-0.25, -0.2) is 13.1 Å². The summed E-state index contributed by atoms with van der Waals surface area (Å²) in [4.78, 5) is 15.5. The molecule has 0 aromatic heterocycles. The Hall–Kier alpha value is -2.30. The predicted octanol–water partition coefficient (Wildman–Crippen LogP) is 2.03. The van der Waals surface area contributed by atoms with Gasteiger partial charge < -0.3 is 14.8 Å². The van der Waals surface area contributed by atoms with E-state index in [9.17, 15) is 13.2 Å². The SMILES string of the molecule is COCCNS(=O)(=O)c1ccc(C)c(C(=O)NCC(c2cccc(C)c2)N2CCOCC2)c1. The van der Waals surface area contributed by atoms with Crippen molar-refractivity contribution in [1.29, 1.82) is 0 Å². The van der Waals surface area contributed by atoms with Gasteiger partial charge in [0.25, 0.3) is 5.91 Å². The quantitative estimate of drug-likeness (QED) is 0.511. The topological polar surface area (TPSA) is 97.0 Å². The first-order valence-electron chi connectivity index (χ1n) is 11.1. The van der Waals surface area contributed by atoms with Gasteiger partial charge in [-0.05, 0) is 37.1 Å². The smallest absolute Gasteiger partial charge is 0.251 e. The first-order valence-corrected chi connectivity index (χ1v) is 12.6. The van der Waals surface area contributed by atoms with Crippen LogP contribution in [0, 0.1) is 13.8 Å². The molecular weight excluding hydrogens is 442 g/mol. The number of carbonyl (C=O) groups excluding carboxylic acids is 1. The third-order valence-electron chi connectivity index (χ3n) is 5.73. The van der Waals surface area contributed by atoms with Gasteiger partial charge in [-0.1, -0.05) is 35.9 Å². The van der Waals surface area contributed by atoms with Crippen molar-refractivity contribution >= 4 is 15.9 Å². The van der Waals surface area contributed by atoms with Gasteiger partial charge in [0.15, 0.2) is 0 Å². The van der Waals surface area contributed by atoms with Crippen molar-refractivity contribution in [2.75, 3.05) is 53.1 Å². The largest absolute Gasteiger partial charge is 0.383 e. The monoisotopic (exact) mass is 475 g/mol. The summed E-state index contributed by atoms with van der Waals surface area (Å²) < 4.78 is 38.0. The number of amides is 1. The van der Waals surface area contributed by atoms with E-state index < -0.39 is 10.0 Å². The number of nitrogens with zero attached hydrogens (tertiary/aromatic N) is 1. The van der Waals surface area contributed by atoms with E-state index in [4.69, 9.17) is 9.47 Å². The zero-order valence-electron chi connectivity index (χ0n) is 19.5. The van der Waals surface area contributed by atoms with Crippen LogP contribution in [0.4, 0.5) is 0 Å². The summed E-state index contributed by atoms with van der Waals surface area (Å²) in [6, 6.07) is 12.9. The molecule has 3 rings (SSSR count). The molecule has 8 nitrogen and oxygen atoms in total. The van der Waals surface area contributed by atoms with E-state index >= 15 is 0 Å². The average molecular weight is 476 g/mol. The second-order valence-corrected chi connectivity index (χ2v) is 9.92. The maximum Gasteiger partial charge on any atom is 0.251 e. The molecule has 9 heteroatoms. The molecule has 1 aliphatic heterocycles. The van der Waals surface area contributed by atoms with Gasteiger partial charge in [-0.3, -0.25) is 9.69 Å². The minimum Gasteiger partial charge on any atom is -0.383 e. The van der Waals surface area contributed by atoms with Gasteiger partial charge in [0.2, 0.25) is 10.0 Å². The summed E-state index contributed by atoms with van der Waals surface area (Å²) in [6.07, 6.45) is 0. The third-order valence-corrected chi connectivity index (χ3v) is 7.19. The molecule has 1 saturated heterocycles. The zero-order valence-corrected chi connectivity index (χ0v) is 20.3. The molecule has 1 heterocycles.